The number of aromatic carboxylic acids is 1. The molecule has 1 amide bonds. The Morgan fingerprint density at radius 2 is 1.94 bits per heavy atom. The molecule has 0 spiro atoms. The van der Waals surface area contributed by atoms with E-state index in [-0.39, 0.29) is 17.2 Å². The predicted molar refractivity (Wildman–Crippen MR) is 65.6 cm³/mol. The molecule has 0 saturated carbocycles. The Bertz CT molecular complexity index is 582. The van der Waals surface area contributed by atoms with Crippen molar-refractivity contribution in [3.63, 3.8) is 0 Å². The number of benzene rings is 1. The molecule has 0 aliphatic rings. The lowest BCUT2D eigenvalue weighted by atomic mass is 10.2. The Balaban J connectivity index is 2.17. The number of hydrogen-bond donors (Lipinski definition) is 2. The number of aromatic nitrogens is 1. The van der Waals surface area contributed by atoms with Crippen molar-refractivity contribution in [3.8, 4) is 0 Å². The van der Waals surface area contributed by atoms with Crippen LogP contribution < -0.4 is 5.32 Å². The number of nitrogens with zero attached hydrogens (tertiary/aromatic N) is 1. The molecule has 2 aromatic rings. The summed E-state index contributed by atoms with van der Waals surface area (Å²) in [6, 6.07) is 11.0. The number of nitrogens with one attached hydrogen (secondary N) is 1. The summed E-state index contributed by atoms with van der Waals surface area (Å²) in [7, 11) is 0. The number of amides is 1. The summed E-state index contributed by atoms with van der Waals surface area (Å²) in [6.07, 6.45) is 1.52. The Labute approximate surface area is 103 Å². The lowest BCUT2D eigenvalue weighted by molar-refractivity contribution is 0.0696. The van der Waals surface area contributed by atoms with Crippen molar-refractivity contribution in [1.82, 2.24) is 4.98 Å². The van der Waals surface area contributed by atoms with Crippen LogP contribution in [0.1, 0.15) is 20.8 Å². The molecule has 0 bridgehead atoms. The summed E-state index contributed by atoms with van der Waals surface area (Å²) >= 11 is 0. The lowest BCUT2D eigenvalue weighted by Gasteiger charge is -2.05. The zero-order chi connectivity index (χ0) is 13.0. The standard InChI is InChI=1S/C13H10N2O3/c16-12(11-6-1-2-7-14-11)15-10-5-3-4-9(8-10)13(17)18/h1-8H,(H,15,16)(H,17,18). The highest BCUT2D eigenvalue weighted by Gasteiger charge is 2.08. The number of rotatable bonds is 3. The van der Waals surface area contributed by atoms with E-state index in [4.69, 9.17) is 5.11 Å². The maximum Gasteiger partial charge on any atom is 0.335 e. The zero-order valence-corrected chi connectivity index (χ0v) is 9.33. The second-order valence-electron chi connectivity index (χ2n) is 3.56. The molecule has 2 N–H and O–H groups in total. The molecule has 0 aliphatic heterocycles. The molecule has 18 heavy (non-hydrogen) atoms. The fourth-order valence-corrected chi connectivity index (χ4v) is 1.42. The van der Waals surface area contributed by atoms with Crippen molar-refractivity contribution in [2.75, 3.05) is 5.32 Å². The van der Waals surface area contributed by atoms with E-state index in [1.807, 2.05) is 0 Å². The third-order valence-corrected chi connectivity index (χ3v) is 2.26. The zero-order valence-electron chi connectivity index (χ0n) is 9.33. The van der Waals surface area contributed by atoms with Crippen LogP contribution in [0.4, 0.5) is 5.69 Å². The van der Waals surface area contributed by atoms with Crippen molar-refractivity contribution in [3.05, 3.63) is 59.9 Å². The number of hydrogen-bond acceptors (Lipinski definition) is 3. The van der Waals surface area contributed by atoms with E-state index in [0.717, 1.165) is 0 Å². The number of carbonyl (C=O) groups excluding carboxylic acids is 1. The predicted octanol–water partition coefficient (Wildman–Crippen LogP) is 2.03. The smallest absolute Gasteiger partial charge is 0.335 e. The minimum Gasteiger partial charge on any atom is -0.478 e. The molecule has 1 aromatic carbocycles. The van der Waals surface area contributed by atoms with Gasteiger partial charge in [0.25, 0.3) is 5.91 Å². The van der Waals surface area contributed by atoms with Gasteiger partial charge in [-0.3, -0.25) is 9.78 Å². The molecule has 1 heterocycles. The van der Waals surface area contributed by atoms with Crippen LogP contribution in [0.15, 0.2) is 48.7 Å². The lowest BCUT2D eigenvalue weighted by Crippen LogP contribution is -2.13. The number of carbonyl (C=O) groups is 2. The van der Waals surface area contributed by atoms with Gasteiger partial charge in [-0.05, 0) is 30.3 Å². The van der Waals surface area contributed by atoms with E-state index in [1.165, 1.54) is 18.3 Å². The molecule has 5 nitrogen and oxygen atoms in total. The van der Waals surface area contributed by atoms with Gasteiger partial charge in [0.05, 0.1) is 5.56 Å². The number of pyridine rings is 1. The van der Waals surface area contributed by atoms with Crippen LogP contribution >= 0.6 is 0 Å². The summed E-state index contributed by atoms with van der Waals surface area (Å²) in [4.78, 5) is 26.5. The summed E-state index contributed by atoms with van der Waals surface area (Å²) in [5.74, 6) is -1.41. The maximum absolute atomic E-state index is 11.8. The van der Waals surface area contributed by atoms with Crippen molar-refractivity contribution in [2.24, 2.45) is 0 Å². The molecule has 0 unspecified atom stereocenters. The van der Waals surface area contributed by atoms with E-state index in [2.05, 4.69) is 10.3 Å². The molecule has 2 rings (SSSR count). The van der Waals surface area contributed by atoms with Gasteiger partial charge in [0.15, 0.2) is 0 Å². The number of carboxylic acid groups (broad SMARTS) is 1. The van der Waals surface area contributed by atoms with Crippen LogP contribution in [0.3, 0.4) is 0 Å². The van der Waals surface area contributed by atoms with E-state index >= 15 is 0 Å². The van der Waals surface area contributed by atoms with Crippen molar-refractivity contribution < 1.29 is 14.7 Å². The first kappa shape index (κ1) is 11.8. The highest BCUT2D eigenvalue weighted by atomic mass is 16.4. The van der Waals surface area contributed by atoms with Gasteiger partial charge in [0.1, 0.15) is 5.69 Å². The van der Waals surface area contributed by atoms with Gasteiger partial charge in [0, 0.05) is 11.9 Å². The number of carboxylic acids is 1. The highest BCUT2D eigenvalue weighted by molar-refractivity contribution is 6.03. The average molecular weight is 242 g/mol. The van der Waals surface area contributed by atoms with Crippen LogP contribution in [-0.2, 0) is 0 Å². The van der Waals surface area contributed by atoms with E-state index in [1.54, 1.807) is 30.3 Å². The summed E-state index contributed by atoms with van der Waals surface area (Å²) in [5, 5.41) is 11.4. The first-order chi connectivity index (χ1) is 8.66. The Hall–Kier alpha value is -2.69. The molecule has 0 atom stereocenters. The molecule has 0 radical (unpaired) electrons. The van der Waals surface area contributed by atoms with Crippen LogP contribution in [0.5, 0.6) is 0 Å². The van der Waals surface area contributed by atoms with Crippen LogP contribution in [0.25, 0.3) is 0 Å². The van der Waals surface area contributed by atoms with Gasteiger partial charge in [-0.15, -0.1) is 0 Å². The van der Waals surface area contributed by atoms with Crippen LogP contribution in [0.2, 0.25) is 0 Å². The molecular weight excluding hydrogens is 232 g/mol. The quantitative estimate of drug-likeness (QED) is 0.863. The minimum atomic E-state index is -1.04. The molecule has 90 valence electrons. The van der Waals surface area contributed by atoms with Crippen LogP contribution in [0, 0.1) is 0 Å². The van der Waals surface area contributed by atoms with Gasteiger partial charge in [0.2, 0.25) is 0 Å². The van der Waals surface area contributed by atoms with Crippen molar-refractivity contribution in [2.45, 2.75) is 0 Å². The van der Waals surface area contributed by atoms with Gasteiger partial charge >= 0.3 is 5.97 Å². The summed E-state index contributed by atoms with van der Waals surface area (Å²) in [5.41, 5.74) is 0.817. The van der Waals surface area contributed by atoms with Gasteiger partial charge < -0.3 is 10.4 Å². The largest absolute Gasteiger partial charge is 0.478 e. The third-order valence-electron chi connectivity index (χ3n) is 2.26. The molecule has 5 heteroatoms. The first-order valence-corrected chi connectivity index (χ1v) is 5.22. The fourth-order valence-electron chi connectivity index (χ4n) is 1.42. The van der Waals surface area contributed by atoms with Gasteiger partial charge in [-0.25, -0.2) is 4.79 Å². The van der Waals surface area contributed by atoms with E-state index in [9.17, 15) is 9.59 Å². The fraction of sp³-hybridized carbons (Fsp3) is 0. The normalized spacial score (nSPS) is 9.78. The van der Waals surface area contributed by atoms with Crippen molar-refractivity contribution in [1.29, 1.82) is 0 Å². The van der Waals surface area contributed by atoms with Crippen LogP contribution in [-0.4, -0.2) is 22.0 Å². The third kappa shape index (κ3) is 2.70. The molecule has 0 aliphatic carbocycles. The second kappa shape index (κ2) is 5.09. The topological polar surface area (TPSA) is 79.3 Å². The summed E-state index contributed by atoms with van der Waals surface area (Å²) < 4.78 is 0. The number of anilines is 1. The Morgan fingerprint density at radius 1 is 1.11 bits per heavy atom. The van der Waals surface area contributed by atoms with Gasteiger partial charge in [-0.1, -0.05) is 12.1 Å². The Kier molecular flexibility index (Phi) is 3.33. The Morgan fingerprint density at radius 3 is 2.61 bits per heavy atom. The monoisotopic (exact) mass is 242 g/mol. The van der Waals surface area contributed by atoms with Gasteiger partial charge in [-0.2, -0.15) is 0 Å². The SMILES string of the molecule is O=C(O)c1cccc(NC(=O)c2ccccn2)c1. The molecular formula is C13H10N2O3. The summed E-state index contributed by atoms with van der Waals surface area (Å²) in [6.45, 7) is 0. The molecule has 0 saturated heterocycles. The van der Waals surface area contributed by atoms with Crippen molar-refractivity contribution >= 4 is 17.6 Å². The average Bonchev–Trinajstić information content (AvgIpc) is 2.40. The molecule has 1 aromatic heterocycles. The maximum atomic E-state index is 11.8. The molecule has 0 fully saturated rings. The van der Waals surface area contributed by atoms with E-state index < -0.39 is 5.97 Å². The second-order valence-corrected chi connectivity index (χ2v) is 3.56. The first-order valence-electron chi connectivity index (χ1n) is 5.22. The highest BCUT2D eigenvalue weighted by Crippen LogP contribution is 2.11. The van der Waals surface area contributed by atoms with E-state index in [0.29, 0.717) is 5.69 Å². The minimum absolute atomic E-state index is 0.119.